The van der Waals surface area contributed by atoms with E-state index in [1.165, 1.54) is 0 Å². The number of aromatic nitrogens is 2. The van der Waals surface area contributed by atoms with E-state index in [-0.39, 0.29) is 15.2 Å². The number of hydrogen-bond acceptors (Lipinski definition) is 3. The number of hydrogen-bond donors (Lipinski definition) is 2. The minimum atomic E-state index is -5.00. The fourth-order valence-corrected chi connectivity index (χ4v) is 2.26. The van der Waals surface area contributed by atoms with E-state index in [4.69, 9.17) is 16.7 Å². The number of carboxylic acid groups (broad SMARTS) is 1. The molecule has 2 rings (SSSR count). The van der Waals surface area contributed by atoms with E-state index in [1.54, 1.807) is 4.98 Å². The molecule has 0 fully saturated rings. The molecule has 0 saturated carbocycles. The lowest BCUT2D eigenvalue weighted by atomic mass is 10.0. The average Bonchev–Trinajstić information content (AvgIpc) is 2.41. The van der Waals surface area contributed by atoms with Crippen molar-refractivity contribution in [2.75, 3.05) is 0 Å². The maximum atomic E-state index is 13.2. The Balaban J connectivity index is 2.92. The Morgan fingerprint density at radius 1 is 1.30 bits per heavy atom. The lowest BCUT2D eigenvalue weighted by Gasteiger charge is -2.16. The number of rotatable bonds is 2. The van der Waals surface area contributed by atoms with Gasteiger partial charge in [-0.3, -0.25) is 14.3 Å². The number of alkyl halides is 3. The molecule has 2 N–H and O–H groups in total. The Morgan fingerprint density at radius 3 is 2.43 bits per heavy atom. The third-order valence-electron chi connectivity index (χ3n) is 3.08. The van der Waals surface area contributed by atoms with E-state index in [1.807, 2.05) is 0 Å². The maximum Gasteiger partial charge on any atom is 0.432 e. The third kappa shape index (κ3) is 3.00. The summed E-state index contributed by atoms with van der Waals surface area (Å²) in [6.07, 6.45) is -5.00. The van der Waals surface area contributed by atoms with Crippen LogP contribution in [0.1, 0.15) is 16.1 Å². The quantitative estimate of drug-likeness (QED) is 0.869. The summed E-state index contributed by atoms with van der Waals surface area (Å²) < 4.78 is 40.0. The van der Waals surface area contributed by atoms with E-state index < -0.39 is 40.2 Å². The van der Waals surface area contributed by atoms with Gasteiger partial charge in [0.1, 0.15) is 5.69 Å². The lowest BCUT2D eigenvalue weighted by Crippen LogP contribution is -2.35. The van der Waals surface area contributed by atoms with Crippen LogP contribution in [0.3, 0.4) is 0 Å². The number of nitrogens with zero attached hydrogens (tertiary/aromatic N) is 1. The number of halogens is 4. The van der Waals surface area contributed by atoms with Crippen molar-refractivity contribution in [3.63, 3.8) is 0 Å². The summed E-state index contributed by atoms with van der Waals surface area (Å²) in [6, 6.07) is 2.97. The largest absolute Gasteiger partial charge is 0.478 e. The van der Waals surface area contributed by atoms with Crippen LogP contribution in [0.2, 0.25) is 5.02 Å². The lowest BCUT2D eigenvalue weighted by molar-refractivity contribution is -0.143. The number of aromatic amines is 1. The van der Waals surface area contributed by atoms with Crippen molar-refractivity contribution in [3.05, 3.63) is 55.3 Å². The van der Waals surface area contributed by atoms with Crippen LogP contribution in [0.5, 0.6) is 0 Å². The molecular formula is C13H8ClF3N2O4. The van der Waals surface area contributed by atoms with Gasteiger partial charge in [-0.15, -0.1) is 0 Å². The summed E-state index contributed by atoms with van der Waals surface area (Å²) in [6.45, 7) is 0. The van der Waals surface area contributed by atoms with Gasteiger partial charge in [-0.25, -0.2) is 9.59 Å². The zero-order valence-electron chi connectivity index (χ0n) is 11.4. The van der Waals surface area contributed by atoms with Crippen LogP contribution in [0, 0.1) is 0 Å². The van der Waals surface area contributed by atoms with Crippen molar-refractivity contribution >= 4 is 17.6 Å². The standard InChI is InChI=1S/C13H8ClF3N2O4/c1-19-9(13(15,16)17)8(10(20)18-12(19)23)5-2-3-7(14)6(4-5)11(21)22/h2-4H,1H3,(H,21,22)(H,18,20,23). The van der Waals surface area contributed by atoms with Crippen molar-refractivity contribution in [1.29, 1.82) is 0 Å². The monoisotopic (exact) mass is 348 g/mol. The number of aromatic carboxylic acids is 1. The minimum Gasteiger partial charge on any atom is -0.478 e. The second kappa shape index (κ2) is 5.58. The van der Waals surface area contributed by atoms with Gasteiger partial charge in [0.25, 0.3) is 5.56 Å². The SMILES string of the molecule is Cn1c(C(F)(F)F)c(-c2ccc(Cl)c(C(=O)O)c2)c(=O)[nH]c1=O. The molecule has 0 unspecified atom stereocenters. The number of carbonyl (C=O) groups is 1. The molecule has 0 aliphatic heterocycles. The van der Waals surface area contributed by atoms with Crippen LogP contribution >= 0.6 is 11.6 Å². The molecule has 0 aliphatic carbocycles. The van der Waals surface area contributed by atoms with Gasteiger partial charge in [-0.05, 0) is 17.7 Å². The maximum absolute atomic E-state index is 13.2. The fraction of sp³-hybridized carbons (Fsp3) is 0.154. The molecule has 6 nitrogen and oxygen atoms in total. The third-order valence-corrected chi connectivity index (χ3v) is 3.41. The molecule has 1 aromatic heterocycles. The average molecular weight is 349 g/mol. The summed E-state index contributed by atoms with van der Waals surface area (Å²) in [4.78, 5) is 36.1. The van der Waals surface area contributed by atoms with E-state index >= 15 is 0 Å². The highest BCUT2D eigenvalue weighted by atomic mass is 35.5. The van der Waals surface area contributed by atoms with Gasteiger partial charge in [0.2, 0.25) is 0 Å². The number of nitrogens with one attached hydrogen (secondary N) is 1. The molecule has 2 aromatic rings. The molecule has 1 aromatic carbocycles. The number of H-pyrrole nitrogens is 1. The Morgan fingerprint density at radius 2 is 1.91 bits per heavy atom. The summed E-state index contributed by atoms with van der Waals surface area (Å²) in [7, 11) is 0.846. The van der Waals surface area contributed by atoms with Crippen LogP contribution in [-0.2, 0) is 13.2 Å². The highest BCUT2D eigenvalue weighted by molar-refractivity contribution is 6.33. The van der Waals surface area contributed by atoms with Gasteiger partial charge < -0.3 is 5.11 Å². The second-order valence-corrected chi connectivity index (χ2v) is 4.95. The van der Waals surface area contributed by atoms with E-state index in [9.17, 15) is 27.6 Å². The summed E-state index contributed by atoms with van der Waals surface area (Å²) in [5.41, 5.74) is -5.65. The highest BCUT2D eigenvalue weighted by Gasteiger charge is 2.38. The Labute approximate surface area is 130 Å². The van der Waals surface area contributed by atoms with Gasteiger partial charge in [0, 0.05) is 7.05 Å². The summed E-state index contributed by atoms with van der Waals surface area (Å²) in [5, 5.41) is 8.79. The fourth-order valence-electron chi connectivity index (χ4n) is 2.06. The molecule has 23 heavy (non-hydrogen) atoms. The first kappa shape index (κ1) is 16.8. The van der Waals surface area contributed by atoms with Crippen LogP contribution in [0.15, 0.2) is 27.8 Å². The summed E-state index contributed by atoms with van der Waals surface area (Å²) >= 11 is 5.66. The molecule has 122 valence electrons. The van der Waals surface area contributed by atoms with Crippen molar-refractivity contribution in [2.45, 2.75) is 6.18 Å². The molecule has 0 aliphatic rings. The van der Waals surface area contributed by atoms with Crippen molar-refractivity contribution < 1.29 is 23.1 Å². The predicted molar refractivity (Wildman–Crippen MR) is 74.7 cm³/mol. The van der Waals surface area contributed by atoms with Crippen LogP contribution in [-0.4, -0.2) is 20.6 Å². The van der Waals surface area contributed by atoms with Gasteiger partial charge >= 0.3 is 17.8 Å². The normalized spacial score (nSPS) is 11.5. The smallest absolute Gasteiger partial charge is 0.432 e. The molecule has 0 atom stereocenters. The second-order valence-electron chi connectivity index (χ2n) is 4.54. The van der Waals surface area contributed by atoms with E-state index in [2.05, 4.69) is 0 Å². The number of benzene rings is 1. The van der Waals surface area contributed by atoms with Gasteiger partial charge in [-0.2, -0.15) is 13.2 Å². The van der Waals surface area contributed by atoms with Crippen LogP contribution in [0.25, 0.3) is 11.1 Å². The molecule has 0 bridgehead atoms. The molecule has 0 spiro atoms. The van der Waals surface area contributed by atoms with E-state index in [0.29, 0.717) is 0 Å². The molecule has 10 heteroatoms. The first-order chi connectivity index (χ1) is 10.5. The zero-order chi connectivity index (χ0) is 17.5. The van der Waals surface area contributed by atoms with Gasteiger partial charge in [0.15, 0.2) is 0 Å². The molecule has 0 radical (unpaired) electrons. The Hall–Kier alpha value is -2.55. The van der Waals surface area contributed by atoms with Crippen LogP contribution < -0.4 is 11.2 Å². The molecule has 1 heterocycles. The molecule has 0 saturated heterocycles. The summed E-state index contributed by atoms with van der Waals surface area (Å²) in [5.74, 6) is -1.47. The predicted octanol–water partition coefficient (Wildman–Crippen LogP) is 2.11. The van der Waals surface area contributed by atoms with Crippen molar-refractivity contribution in [1.82, 2.24) is 9.55 Å². The van der Waals surface area contributed by atoms with Crippen LogP contribution in [0.4, 0.5) is 13.2 Å². The Kier molecular flexibility index (Phi) is 4.08. The topological polar surface area (TPSA) is 92.2 Å². The van der Waals surface area contributed by atoms with Crippen molar-refractivity contribution in [2.24, 2.45) is 7.05 Å². The zero-order valence-corrected chi connectivity index (χ0v) is 12.1. The van der Waals surface area contributed by atoms with E-state index in [0.717, 1.165) is 25.2 Å². The first-order valence-electron chi connectivity index (χ1n) is 5.97. The first-order valence-corrected chi connectivity index (χ1v) is 6.35. The number of carboxylic acids is 1. The Bertz CT molecular complexity index is 915. The molecule has 0 amide bonds. The van der Waals surface area contributed by atoms with Gasteiger partial charge in [0.05, 0.1) is 16.1 Å². The minimum absolute atomic E-state index is 0.198. The van der Waals surface area contributed by atoms with Crippen molar-refractivity contribution in [3.8, 4) is 11.1 Å². The highest BCUT2D eigenvalue weighted by Crippen LogP contribution is 2.35. The molecular weight excluding hydrogens is 341 g/mol. The van der Waals surface area contributed by atoms with Gasteiger partial charge in [-0.1, -0.05) is 17.7 Å².